The van der Waals surface area contributed by atoms with Crippen molar-refractivity contribution in [2.45, 2.75) is 72.1 Å². The van der Waals surface area contributed by atoms with Gasteiger partial charge in [-0.15, -0.1) is 11.3 Å². The molecule has 0 aromatic carbocycles. The number of aryl methyl sites for hydroxylation is 1. The molecule has 3 nitrogen and oxygen atoms in total. The second-order valence-electron chi connectivity index (χ2n) is 6.42. The van der Waals surface area contributed by atoms with Crippen molar-refractivity contribution >= 4 is 17.2 Å². The Labute approximate surface area is 132 Å². The third-order valence-corrected chi connectivity index (χ3v) is 5.32. The molecule has 1 fully saturated rings. The molecule has 0 aliphatic carbocycles. The fourth-order valence-corrected chi connectivity index (χ4v) is 4.12. The number of carbonyl (C=O) groups excluding carboxylic acids is 1. The SMILES string of the molecule is CCC(CC)N1C(=O)C(CC(C)C)NC1c1ccc(C)s1. The van der Waals surface area contributed by atoms with Crippen LogP contribution in [0.2, 0.25) is 0 Å². The highest BCUT2D eigenvalue weighted by molar-refractivity contribution is 7.12. The smallest absolute Gasteiger partial charge is 0.241 e. The van der Waals surface area contributed by atoms with Crippen molar-refractivity contribution < 1.29 is 4.79 Å². The minimum atomic E-state index is -0.0296. The molecule has 2 heterocycles. The first-order chi connectivity index (χ1) is 9.97. The van der Waals surface area contributed by atoms with E-state index in [1.165, 1.54) is 9.75 Å². The Morgan fingerprint density at radius 3 is 2.43 bits per heavy atom. The zero-order valence-electron chi connectivity index (χ0n) is 13.8. The van der Waals surface area contributed by atoms with E-state index in [4.69, 9.17) is 0 Å². The normalized spacial score (nSPS) is 22.8. The van der Waals surface area contributed by atoms with Crippen LogP contribution in [0.15, 0.2) is 12.1 Å². The van der Waals surface area contributed by atoms with E-state index >= 15 is 0 Å². The maximum Gasteiger partial charge on any atom is 0.241 e. The van der Waals surface area contributed by atoms with Crippen molar-refractivity contribution in [2.24, 2.45) is 5.92 Å². The van der Waals surface area contributed by atoms with E-state index in [0.29, 0.717) is 12.0 Å². The predicted octanol–water partition coefficient (Wildman–Crippen LogP) is 4.09. The molecule has 1 aliphatic rings. The number of thiophene rings is 1. The molecule has 1 amide bonds. The van der Waals surface area contributed by atoms with Crippen LogP contribution in [-0.2, 0) is 4.79 Å². The first-order valence-corrected chi connectivity index (χ1v) is 8.94. The summed E-state index contributed by atoms with van der Waals surface area (Å²) in [4.78, 5) is 17.5. The molecular formula is C17H28N2OS. The van der Waals surface area contributed by atoms with Gasteiger partial charge >= 0.3 is 0 Å². The van der Waals surface area contributed by atoms with Crippen LogP contribution >= 0.6 is 11.3 Å². The van der Waals surface area contributed by atoms with Gasteiger partial charge in [0, 0.05) is 15.8 Å². The highest BCUT2D eigenvalue weighted by Crippen LogP contribution is 2.34. The quantitative estimate of drug-likeness (QED) is 0.858. The lowest BCUT2D eigenvalue weighted by Crippen LogP contribution is -2.39. The minimum Gasteiger partial charge on any atom is -0.318 e. The zero-order valence-corrected chi connectivity index (χ0v) is 14.7. The van der Waals surface area contributed by atoms with Gasteiger partial charge in [0.05, 0.1) is 6.04 Å². The summed E-state index contributed by atoms with van der Waals surface area (Å²) < 4.78 is 0. The molecule has 1 aliphatic heterocycles. The molecule has 2 unspecified atom stereocenters. The van der Waals surface area contributed by atoms with Crippen molar-refractivity contribution in [1.82, 2.24) is 10.2 Å². The Kier molecular flexibility index (Phi) is 5.44. The molecule has 2 atom stereocenters. The van der Waals surface area contributed by atoms with Crippen molar-refractivity contribution in [3.05, 3.63) is 21.9 Å². The fraction of sp³-hybridized carbons (Fsp3) is 0.706. The molecule has 21 heavy (non-hydrogen) atoms. The maximum absolute atomic E-state index is 12.9. The Hall–Kier alpha value is -0.870. The minimum absolute atomic E-state index is 0.0296. The van der Waals surface area contributed by atoms with E-state index in [9.17, 15) is 4.79 Å². The molecule has 2 rings (SSSR count). The van der Waals surface area contributed by atoms with Gasteiger partial charge in [-0.25, -0.2) is 0 Å². The molecule has 0 spiro atoms. The molecule has 0 bridgehead atoms. The van der Waals surface area contributed by atoms with Gasteiger partial charge in [0.1, 0.15) is 6.17 Å². The molecule has 1 aromatic heterocycles. The van der Waals surface area contributed by atoms with Crippen molar-refractivity contribution in [2.75, 3.05) is 0 Å². The Balaban J connectivity index is 2.28. The van der Waals surface area contributed by atoms with Crippen LogP contribution in [0.1, 0.15) is 62.9 Å². The van der Waals surface area contributed by atoms with Crippen LogP contribution in [0.25, 0.3) is 0 Å². The van der Waals surface area contributed by atoms with Crippen LogP contribution in [-0.4, -0.2) is 22.9 Å². The van der Waals surface area contributed by atoms with Gasteiger partial charge in [0.15, 0.2) is 0 Å². The van der Waals surface area contributed by atoms with Crippen molar-refractivity contribution in [3.63, 3.8) is 0 Å². The highest BCUT2D eigenvalue weighted by Gasteiger charge is 2.42. The van der Waals surface area contributed by atoms with Crippen molar-refractivity contribution in [3.8, 4) is 0 Å². The second kappa shape index (κ2) is 6.93. The van der Waals surface area contributed by atoms with E-state index in [1.54, 1.807) is 11.3 Å². The van der Waals surface area contributed by atoms with E-state index in [-0.39, 0.29) is 18.1 Å². The Morgan fingerprint density at radius 2 is 1.95 bits per heavy atom. The Bertz CT molecular complexity index is 479. The molecule has 0 saturated carbocycles. The fourth-order valence-electron chi connectivity index (χ4n) is 3.18. The number of hydrogen-bond donors (Lipinski definition) is 1. The number of rotatable bonds is 6. The molecule has 118 valence electrons. The van der Waals surface area contributed by atoms with Crippen LogP contribution in [0.3, 0.4) is 0 Å². The molecular weight excluding hydrogens is 280 g/mol. The summed E-state index contributed by atoms with van der Waals surface area (Å²) in [7, 11) is 0. The van der Waals surface area contributed by atoms with E-state index < -0.39 is 0 Å². The number of amides is 1. The van der Waals surface area contributed by atoms with E-state index in [2.05, 4.69) is 57.0 Å². The number of nitrogens with one attached hydrogen (secondary N) is 1. The summed E-state index contributed by atoms with van der Waals surface area (Å²) in [5, 5.41) is 3.59. The average molecular weight is 308 g/mol. The number of hydrogen-bond acceptors (Lipinski definition) is 3. The van der Waals surface area contributed by atoms with Gasteiger partial charge < -0.3 is 4.90 Å². The van der Waals surface area contributed by atoms with Crippen LogP contribution in [0, 0.1) is 12.8 Å². The van der Waals surface area contributed by atoms with E-state index in [1.807, 2.05) is 0 Å². The summed E-state index contributed by atoms with van der Waals surface area (Å²) in [6, 6.07) is 4.61. The predicted molar refractivity (Wildman–Crippen MR) is 89.4 cm³/mol. The summed E-state index contributed by atoms with van der Waals surface area (Å²) in [6.07, 6.45) is 3.00. The summed E-state index contributed by atoms with van der Waals surface area (Å²) in [5.41, 5.74) is 0. The Morgan fingerprint density at radius 1 is 1.29 bits per heavy atom. The lowest BCUT2D eigenvalue weighted by atomic mass is 10.0. The molecule has 4 heteroatoms. The third-order valence-electron chi connectivity index (χ3n) is 4.26. The topological polar surface area (TPSA) is 32.3 Å². The second-order valence-corrected chi connectivity index (χ2v) is 7.74. The van der Waals surface area contributed by atoms with Crippen molar-refractivity contribution in [1.29, 1.82) is 0 Å². The third kappa shape index (κ3) is 3.49. The van der Waals surface area contributed by atoms with Gasteiger partial charge in [-0.3, -0.25) is 10.1 Å². The highest BCUT2D eigenvalue weighted by atomic mass is 32.1. The summed E-state index contributed by atoms with van der Waals surface area (Å²) >= 11 is 1.79. The van der Waals surface area contributed by atoms with Gasteiger partial charge in [0.25, 0.3) is 0 Å². The molecule has 1 saturated heterocycles. The summed E-state index contributed by atoms with van der Waals surface area (Å²) in [6.45, 7) is 10.8. The van der Waals surface area contributed by atoms with Gasteiger partial charge in [-0.2, -0.15) is 0 Å². The first-order valence-electron chi connectivity index (χ1n) is 8.12. The van der Waals surface area contributed by atoms with Gasteiger partial charge in [-0.05, 0) is 44.2 Å². The maximum atomic E-state index is 12.9. The zero-order chi connectivity index (χ0) is 15.6. The number of nitrogens with zero attached hydrogens (tertiary/aromatic N) is 1. The molecule has 1 N–H and O–H groups in total. The molecule has 1 aromatic rings. The summed E-state index contributed by atoms with van der Waals surface area (Å²) in [5.74, 6) is 0.812. The van der Waals surface area contributed by atoms with Gasteiger partial charge in [-0.1, -0.05) is 27.7 Å². The molecule has 0 radical (unpaired) electrons. The largest absolute Gasteiger partial charge is 0.318 e. The van der Waals surface area contributed by atoms with E-state index in [0.717, 1.165) is 19.3 Å². The van der Waals surface area contributed by atoms with Crippen LogP contribution in [0.4, 0.5) is 0 Å². The lowest BCUT2D eigenvalue weighted by molar-refractivity contribution is -0.132. The van der Waals surface area contributed by atoms with Gasteiger partial charge in [0.2, 0.25) is 5.91 Å². The average Bonchev–Trinajstić information content (AvgIpc) is 2.98. The monoisotopic (exact) mass is 308 g/mol. The standard InChI is InChI=1S/C17H28N2OS/c1-6-13(7-2)19-16(15-9-8-12(5)21-15)18-14(17(19)20)10-11(3)4/h8-9,11,13-14,16,18H,6-7,10H2,1-5H3. The van der Waals surface area contributed by atoms with Crippen LogP contribution in [0.5, 0.6) is 0 Å². The first kappa shape index (κ1) is 16.5. The lowest BCUT2D eigenvalue weighted by Gasteiger charge is -2.31. The van der Waals surface area contributed by atoms with Crippen LogP contribution < -0.4 is 5.32 Å². The number of carbonyl (C=O) groups is 1.